The highest BCUT2D eigenvalue weighted by Crippen LogP contribution is 2.16. The van der Waals surface area contributed by atoms with Gasteiger partial charge in [0, 0.05) is 17.7 Å². The van der Waals surface area contributed by atoms with Gasteiger partial charge in [-0.15, -0.1) is 0 Å². The Hall–Kier alpha value is -1.35. The van der Waals surface area contributed by atoms with Crippen LogP contribution in [0.4, 0.5) is 5.69 Å². The Kier molecular flexibility index (Phi) is 3.02. The first-order valence-electron chi connectivity index (χ1n) is 5.35. The molecule has 1 aromatic rings. The van der Waals surface area contributed by atoms with Crippen LogP contribution in [0.2, 0.25) is 0 Å². The first kappa shape index (κ1) is 10.2. The lowest BCUT2D eigenvalue weighted by Gasteiger charge is -2.06. The van der Waals surface area contributed by atoms with Crippen LogP contribution in [-0.4, -0.2) is 18.9 Å². The third-order valence-electron chi connectivity index (χ3n) is 2.87. The molecular weight excluding hydrogens is 188 g/mol. The molecule has 1 unspecified atom stereocenters. The summed E-state index contributed by atoms with van der Waals surface area (Å²) in [7, 11) is 0. The summed E-state index contributed by atoms with van der Waals surface area (Å²) in [6.45, 7) is 2.01. The molecule has 3 heteroatoms. The average Bonchev–Trinajstić information content (AvgIpc) is 2.71. The van der Waals surface area contributed by atoms with E-state index in [2.05, 4.69) is 5.32 Å². The lowest BCUT2D eigenvalue weighted by molar-refractivity contribution is 0.0964. The number of Topliss-reactive ketones (excluding diaryl/α,β-unsaturated/α-hetero) is 1. The minimum atomic E-state index is 0.226. The molecule has 3 nitrogen and oxygen atoms in total. The highest BCUT2D eigenvalue weighted by Gasteiger charge is 2.18. The van der Waals surface area contributed by atoms with E-state index in [0.717, 1.165) is 25.1 Å². The zero-order valence-corrected chi connectivity index (χ0v) is 8.70. The van der Waals surface area contributed by atoms with Gasteiger partial charge in [0.15, 0.2) is 5.78 Å². The second kappa shape index (κ2) is 4.45. The predicted octanol–water partition coefficient (Wildman–Crippen LogP) is 1.45. The van der Waals surface area contributed by atoms with Gasteiger partial charge in [0.25, 0.3) is 0 Å². The number of carbonyl (C=O) groups is 1. The summed E-state index contributed by atoms with van der Waals surface area (Å²) >= 11 is 0. The van der Waals surface area contributed by atoms with Gasteiger partial charge in [0.05, 0.1) is 0 Å². The van der Waals surface area contributed by atoms with Crippen LogP contribution in [0.5, 0.6) is 0 Å². The van der Waals surface area contributed by atoms with Gasteiger partial charge >= 0.3 is 0 Å². The van der Waals surface area contributed by atoms with Gasteiger partial charge in [-0.1, -0.05) is 0 Å². The summed E-state index contributed by atoms with van der Waals surface area (Å²) in [5, 5.41) is 3.27. The van der Waals surface area contributed by atoms with Crippen molar-refractivity contribution in [2.75, 3.05) is 18.8 Å². The normalized spacial score (nSPS) is 20.4. The van der Waals surface area contributed by atoms with E-state index in [1.807, 2.05) is 0 Å². The fourth-order valence-corrected chi connectivity index (χ4v) is 1.94. The van der Waals surface area contributed by atoms with Crippen molar-refractivity contribution < 1.29 is 4.79 Å². The number of nitrogens with one attached hydrogen (secondary N) is 1. The van der Waals surface area contributed by atoms with E-state index in [0.29, 0.717) is 18.0 Å². The van der Waals surface area contributed by atoms with E-state index in [9.17, 15) is 4.79 Å². The number of benzene rings is 1. The Morgan fingerprint density at radius 3 is 2.73 bits per heavy atom. The van der Waals surface area contributed by atoms with Crippen LogP contribution in [0.15, 0.2) is 24.3 Å². The summed E-state index contributed by atoms with van der Waals surface area (Å²) in [4.78, 5) is 11.8. The van der Waals surface area contributed by atoms with E-state index >= 15 is 0 Å². The number of rotatable bonds is 3. The van der Waals surface area contributed by atoms with Crippen molar-refractivity contribution in [1.82, 2.24) is 5.32 Å². The Morgan fingerprint density at radius 2 is 2.13 bits per heavy atom. The Morgan fingerprint density at radius 1 is 1.40 bits per heavy atom. The lowest BCUT2D eigenvalue weighted by atomic mass is 9.97. The number of hydrogen-bond acceptors (Lipinski definition) is 3. The zero-order valence-electron chi connectivity index (χ0n) is 8.70. The molecule has 1 aliphatic heterocycles. The third kappa shape index (κ3) is 2.57. The third-order valence-corrected chi connectivity index (χ3v) is 2.87. The molecule has 3 N–H and O–H groups in total. The lowest BCUT2D eigenvalue weighted by Crippen LogP contribution is -2.12. The molecule has 1 atom stereocenters. The zero-order chi connectivity index (χ0) is 10.7. The first-order valence-corrected chi connectivity index (χ1v) is 5.35. The van der Waals surface area contributed by atoms with Crippen LogP contribution in [-0.2, 0) is 0 Å². The minimum absolute atomic E-state index is 0.226. The van der Waals surface area contributed by atoms with Gasteiger partial charge < -0.3 is 11.1 Å². The molecule has 0 aliphatic carbocycles. The molecule has 0 saturated carbocycles. The maximum atomic E-state index is 11.8. The van der Waals surface area contributed by atoms with Crippen molar-refractivity contribution in [3.05, 3.63) is 29.8 Å². The fraction of sp³-hybridized carbons (Fsp3) is 0.417. The minimum Gasteiger partial charge on any atom is -0.399 e. The van der Waals surface area contributed by atoms with Crippen LogP contribution < -0.4 is 11.1 Å². The van der Waals surface area contributed by atoms with Gasteiger partial charge in [0.2, 0.25) is 0 Å². The van der Waals surface area contributed by atoms with Crippen LogP contribution >= 0.6 is 0 Å². The quantitative estimate of drug-likeness (QED) is 0.579. The van der Waals surface area contributed by atoms with Crippen molar-refractivity contribution in [2.24, 2.45) is 5.92 Å². The molecule has 0 spiro atoms. The Labute approximate surface area is 89.7 Å². The second-order valence-electron chi connectivity index (χ2n) is 4.11. The predicted molar refractivity (Wildman–Crippen MR) is 60.8 cm³/mol. The number of nitrogen functional groups attached to an aromatic ring is 1. The van der Waals surface area contributed by atoms with Crippen molar-refractivity contribution in [3.8, 4) is 0 Å². The van der Waals surface area contributed by atoms with E-state index in [1.165, 1.54) is 0 Å². The molecule has 0 aromatic heterocycles. The monoisotopic (exact) mass is 204 g/mol. The van der Waals surface area contributed by atoms with Crippen LogP contribution in [0.25, 0.3) is 0 Å². The van der Waals surface area contributed by atoms with Gasteiger partial charge in [-0.2, -0.15) is 0 Å². The molecule has 1 heterocycles. The van der Waals surface area contributed by atoms with E-state index in [1.54, 1.807) is 24.3 Å². The Bertz CT molecular complexity index is 339. The molecule has 0 radical (unpaired) electrons. The van der Waals surface area contributed by atoms with E-state index in [-0.39, 0.29) is 5.78 Å². The van der Waals surface area contributed by atoms with Gasteiger partial charge in [0.1, 0.15) is 0 Å². The number of hydrogen-bond donors (Lipinski definition) is 2. The smallest absolute Gasteiger partial charge is 0.163 e. The van der Waals surface area contributed by atoms with Crippen LogP contribution in [0, 0.1) is 5.92 Å². The molecule has 1 aliphatic rings. The van der Waals surface area contributed by atoms with Crippen molar-refractivity contribution in [1.29, 1.82) is 0 Å². The van der Waals surface area contributed by atoms with Crippen LogP contribution in [0.1, 0.15) is 23.2 Å². The Balaban J connectivity index is 1.98. The highest BCUT2D eigenvalue weighted by molar-refractivity contribution is 5.96. The molecule has 1 saturated heterocycles. The van der Waals surface area contributed by atoms with Gasteiger partial charge in [-0.3, -0.25) is 4.79 Å². The number of nitrogens with two attached hydrogens (primary N) is 1. The first-order chi connectivity index (χ1) is 7.25. The van der Waals surface area contributed by atoms with Crippen molar-refractivity contribution >= 4 is 11.5 Å². The van der Waals surface area contributed by atoms with E-state index in [4.69, 9.17) is 5.73 Å². The maximum Gasteiger partial charge on any atom is 0.163 e. The maximum absolute atomic E-state index is 11.8. The van der Waals surface area contributed by atoms with Crippen molar-refractivity contribution in [2.45, 2.75) is 12.8 Å². The molecule has 0 bridgehead atoms. The summed E-state index contributed by atoms with van der Waals surface area (Å²) in [6.07, 6.45) is 1.76. The number of ketones is 1. The second-order valence-corrected chi connectivity index (χ2v) is 4.11. The summed E-state index contributed by atoms with van der Waals surface area (Å²) in [5.41, 5.74) is 7.05. The highest BCUT2D eigenvalue weighted by atomic mass is 16.1. The molecule has 15 heavy (non-hydrogen) atoms. The summed E-state index contributed by atoms with van der Waals surface area (Å²) in [6, 6.07) is 7.17. The summed E-state index contributed by atoms with van der Waals surface area (Å²) in [5.74, 6) is 0.735. The summed E-state index contributed by atoms with van der Waals surface area (Å²) < 4.78 is 0. The standard InChI is InChI=1S/C12H16N2O/c13-11-3-1-10(2-4-11)12(15)7-9-5-6-14-8-9/h1-4,9,14H,5-8,13H2. The van der Waals surface area contributed by atoms with Gasteiger partial charge in [-0.05, 0) is 49.7 Å². The topological polar surface area (TPSA) is 55.1 Å². The van der Waals surface area contributed by atoms with Crippen molar-refractivity contribution in [3.63, 3.8) is 0 Å². The largest absolute Gasteiger partial charge is 0.399 e. The van der Waals surface area contributed by atoms with E-state index < -0.39 is 0 Å². The fourth-order valence-electron chi connectivity index (χ4n) is 1.94. The molecule has 0 amide bonds. The SMILES string of the molecule is Nc1ccc(C(=O)CC2CCNC2)cc1. The molecule has 2 rings (SSSR count). The molecule has 1 fully saturated rings. The number of anilines is 1. The molecule has 1 aromatic carbocycles. The molecular formula is C12H16N2O. The van der Waals surface area contributed by atoms with Gasteiger partial charge in [-0.25, -0.2) is 0 Å². The number of carbonyl (C=O) groups excluding carboxylic acids is 1. The average molecular weight is 204 g/mol. The van der Waals surface area contributed by atoms with Crippen LogP contribution in [0.3, 0.4) is 0 Å². The molecule has 80 valence electrons.